The first-order valence-electron chi connectivity index (χ1n) is 12.0. The monoisotopic (exact) mass is 440 g/mol. The Labute approximate surface area is 196 Å². The van der Waals surface area contributed by atoms with Crippen molar-refractivity contribution in [2.24, 2.45) is 5.92 Å². The smallest absolute Gasteiger partial charge is 0.255 e. The minimum absolute atomic E-state index is 0.00607. The molecule has 0 saturated heterocycles. The number of hydrogen-bond donors (Lipinski definition) is 2. The van der Waals surface area contributed by atoms with E-state index in [2.05, 4.69) is 52.8 Å². The standard InChI is InChI=1S/C29H32N2O2/c1-20-12-15-30-19-26(20)31-27(32)23-9-11-25-22(16-23)8-10-24-18-28(2,33)13-14-29(24,25)17-21-6-4-3-5-7-21/h3-7,9,11-12,15-16,19,24,33H,8,10,13-14,17-18H2,1-2H3,(H,31,32)/t24-,28-,29+/m1/s1. The van der Waals surface area contributed by atoms with Gasteiger partial charge in [-0.3, -0.25) is 9.78 Å². The lowest BCUT2D eigenvalue weighted by Gasteiger charge is -2.53. The number of aryl methyl sites for hydroxylation is 2. The zero-order valence-electron chi connectivity index (χ0n) is 19.5. The van der Waals surface area contributed by atoms with Crippen molar-refractivity contribution in [3.63, 3.8) is 0 Å². The second kappa shape index (κ2) is 8.42. The van der Waals surface area contributed by atoms with E-state index in [1.807, 2.05) is 26.0 Å². The van der Waals surface area contributed by atoms with Crippen molar-refractivity contribution >= 4 is 11.6 Å². The van der Waals surface area contributed by atoms with E-state index in [0.717, 1.165) is 49.8 Å². The highest BCUT2D eigenvalue weighted by atomic mass is 16.3. The van der Waals surface area contributed by atoms with Crippen LogP contribution in [-0.4, -0.2) is 21.6 Å². The molecular weight excluding hydrogens is 408 g/mol. The summed E-state index contributed by atoms with van der Waals surface area (Å²) < 4.78 is 0. The Bertz CT molecular complexity index is 1170. The molecule has 1 saturated carbocycles. The molecule has 1 heterocycles. The fourth-order valence-corrected chi connectivity index (χ4v) is 6.09. The molecule has 0 radical (unpaired) electrons. The average molecular weight is 441 g/mol. The topological polar surface area (TPSA) is 62.2 Å². The maximum Gasteiger partial charge on any atom is 0.255 e. The summed E-state index contributed by atoms with van der Waals surface area (Å²) in [4.78, 5) is 17.2. The number of aromatic nitrogens is 1. The van der Waals surface area contributed by atoms with Gasteiger partial charge in [-0.15, -0.1) is 0 Å². The molecule has 0 aliphatic heterocycles. The zero-order valence-corrected chi connectivity index (χ0v) is 19.5. The van der Waals surface area contributed by atoms with E-state index in [0.29, 0.717) is 11.5 Å². The fraction of sp³-hybridized carbons (Fsp3) is 0.379. The van der Waals surface area contributed by atoms with Gasteiger partial charge in [-0.1, -0.05) is 36.4 Å². The summed E-state index contributed by atoms with van der Waals surface area (Å²) in [6, 6.07) is 18.9. The van der Waals surface area contributed by atoms with Crippen molar-refractivity contribution in [2.75, 3.05) is 5.32 Å². The number of rotatable bonds is 4. The Kier molecular flexibility index (Phi) is 5.57. The van der Waals surface area contributed by atoms with Crippen LogP contribution >= 0.6 is 0 Å². The molecule has 2 aromatic carbocycles. The number of carbonyl (C=O) groups excluding carboxylic acids is 1. The number of anilines is 1. The van der Waals surface area contributed by atoms with E-state index in [4.69, 9.17) is 0 Å². The third-order valence-corrected chi connectivity index (χ3v) is 7.89. The Morgan fingerprint density at radius 1 is 1.15 bits per heavy atom. The van der Waals surface area contributed by atoms with Gasteiger partial charge in [-0.25, -0.2) is 0 Å². The summed E-state index contributed by atoms with van der Waals surface area (Å²) in [5.74, 6) is 0.339. The van der Waals surface area contributed by atoms with Gasteiger partial charge in [-0.2, -0.15) is 0 Å². The number of amides is 1. The van der Waals surface area contributed by atoms with Gasteiger partial charge < -0.3 is 10.4 Å². The molecule has 1 fully saturated rings. The second-order valence-corrected chi connectivity index (χ2v) is 10.3. The molecule has 0 bridgehead atoms. The van der Waals surface area contributed by atoms with Gasteiger partial charge in [0.25, 0.3) is 5.91 Å². The second-order valence-electron chi connectivity index (χ2n) is 10.3. The SMILES string of the molecule is Cc1ccncc1NC(=O)c1ccc2c(c1)CC[C@@H]1C[C@](C)(O)CC[C@@]21Cc1ccccc1. The van der Waals surface area contributed by atoms with E-state index in [1.54, 1.807) is 12.4 Å². The van der Waals surface area contributed by atoms with Crippen molar-refractivity contribution in [2.45, 2.75) is 63.4 Å². The first-order valence-corrected chi connectivity index (χ1v) is 12.0. The number of pyridine rings is 1. The molecular formula is C29H32N2O2. The molecule has 2 N–H and O–H groups in total. The molecule has 0 spiro atoms. The third-order valence-electron chi connectivity index (χ3n) is 7.89. The van der Waals surface area contributed by atoms with Gasteiger partial charge in [0.15, 0.2) is 0 Å². The quantitative estimate of drug-likeness (QED) is 0.553. The van der Waals surface area contributed by atoms with E-state index in [9.17, 15) is 9.90 Å². The zero-order chi connectivity index (χ0) is 23.1. The molecule has 1 amide bonds. The highest BCUT2D eigenvalue weighted by molar-refractivity contribution is 6.04. The van der Waals surface area contributed by atoms with Crippen molar-refractivity contribution in [1.82, 2.24) is 4.98 Å². The maximum atomic E-state index is 13.0. The molecule has 4 nitrogen and oxygen atoms in total. The van der Waals surface area contributed by atoms with Crippen LogP contribution in [0.15, 0.2) is 67.0 Å². The van der Waals surface area contributed by atoms with Gasteiger partial charge in [0.05, 0.1) is 17.5 Å². The predicted octanol–water partition coefficient (Wildman–Crippen LogP) is 5.62. The number of benzene rings is 2. The number of aliphatic hydroxyl groups is 1. The number of fused-ring (bicyclic) bond motifs is 3. The van der Waals surface area contributed by atoms with Crippen LogP contribution in [0.1, 0.15) is 65.2 Å². The van der Waals surface area contributed by atoms with Gasteiger partial charge in [-0.05, 0) is 98.7 Å². The molecule has 0 unspecified atom stereocenters. The van der Waals surface area contributed by atoms with Crippen LogP contribution in [-0.2, 0) is 18.3 Å². The average Bonchev–Trinajstić information content (AvgIpc) is 2.81. The molecule has 1 aromatic heterocycles. The molecule has 4 heteroatoms. The molecule has 33 heavy (non-hydrogen) atoms. The Morgan fingerprint density at radius 2 is 1.97 bits per heavy atom. The van der Waals surface area contributed by atoms with Gasteiger partial charge >= 0.3 is 0 Å². The Morgan fingerprint density at radius 3 is 2.76 bits per heavy atom. The molecule has 5 rings (SSSR count). The first-order chi connectivity index (χ1) is 15.9. The number of nitrogens with one attached hydrogen (secondary N) is 1. The molecule has 2 aliphatic rings. The maximum absolute atomic E-state index is 13.0. The minimum atomic E-state index is -0.593. The van der Waals surface area contributed by atoms with Crippen LogP contribution in [0.3, 0.4) is 0 Å². The summed E-state index contributed by atoms with van der Waals surface area (Å²) >= 11 is 0. The van der Waals surface area contributed by atoms with Crippen molar-refractivity contribution in [3.8, 4) is 0 Å². The predicted molar refractivity (Wildman–Crippen MR) is 131 cm³/mol. The third kappa shape index (κ3) is 4.20. The minimum Gasteiger partial charge on any atom is -0.390 e. The largest absolute Gasteiger partial charge is 0.390 e. The first kappa shape index (κ1) is 21.8. The number of hydrogen-bond acceptors (Lipinski definition) is 3. The molecule has 3 atom stereocenters. The molecule has 3 aromatic rings. The van der Waals surface area contributed by atoms with Gasteiger partial charge in [0.2, 0.25) is 0 Å². The summed E-state index contributed by atoms with van der Waals surface area (Å²) in [5.41, 5.74) is 5.83. The van der Waals surface area contributed by atoms with Crippen LogP contribution < -0.4 is 5.32 Å². The Balaban J connectivity index is 1.49. The van der Waals surface area contributed by atoms with E-state index >= 15 is 0 Å². The van der Waals surface area contributed by atoms with Crippen LogP contribution in [0.25, 0.3) is 0 Å². The summed E-state index contributed by atoms with van der Waals surface area (Å²) in [6.07, 6.45) is 8.99. The molecule has 2 aliphatic carbocycles. The lowest BCUT2D eigenvalue weighted by molar-refractivity contribution is -0.0366. The lowest BCUT2D eigenvalue weighted by atomic mass is 9.53. The van der Waals surface area contributed by atoms with E-state index in [1.165, 1.54) is 16.7 Å². The van der Waals surface area contributed by atoms with Crippen molar-refractivity contribution < 1.29 is 9.90 Å². The normalized spacial score (nSPS) is 26.2. The van der Waals surface area contributed by atoms with E-state index < -0.39 is 5.60 Å². The van der Waals surface area contributed by atoms with Gasteiger partial charge in [0, 0.05) is 17.2 Å². The summed E-state index contributed by atoms with van der Waals surface area (Å²) in [6.45, 7) is 3.96. The Hall–Kier alpha value is -2.98. The lowest BCUT2D eigenvalue weighted by Crippen LogP contribution is -2.50. The van der Waals surface area contributed by atoms with E-state index in [-0.39, 0.29) is 11.3 Å². The van der Waals surface area contributed by atoms with Crippen LogP contribution in [0, 0.1) is 12.8 Å². The van der Waals surface area contributed by atoms with Crippen LogP contribution in [0.2, 0.25) is 0 Å². The van der Waals surface area contributed by atoms with Crippen LogP contribution in [0.5, 0.6) is 0 Å². The van der Waals surface area contributed by atoms with Crippen molar-refractivity contribution in [3.05, 3.63) is 94.8 Å². The van der Waals surface area contributed by atoms with Gasteiger partial charge in [0.1, 0.15) is 0 Å². The summed E-state index contributed by atoms with van der Waals surface area (Å²) in [7, 11) is 0. The highest BCUT2D eigenvalue weighted by Crippen LogP contribution is 2.54. The molecule has 170 valence electrons. The number of nitrogens with zero attached hydrogens (tertiary/aromatic N) is 1. The van der Waals surface area contributed by atoms with Crippen molar-refractivity contribution in [1.29, 1.82) is 0 Å². The highest BCUT2D eigenvalue weighted by Gasteiger charge is 2.50. The summed E-state index contributed by atoms with van der Waals surface area (Å²) in [5, 5.41) is 13.9. The van der Waals surface area contributed by atoms with Crippen LogP contribution in [0.4, 0.5) is 5.69 Å². The fourth-order valence-electron chi connectivity index (χ4n) is 6.09. The number of carbonyl (C=O) groups is 1.